The van der Waals surface area contributed by atoms with E-state index in [0.29, 0.717) is 23.7 Å². The lowest BCUT2D eigenvalue weighted by Gasteiger charge is -2.13. The number of benzene rings is 2. The standard InChI is InChI=1S/C19H21N3O3/c1-12(10-13-8-9-16(24-2)17(11-13)25-3)19(23)20-18-14-6-4-5-7-15(14)21-22-18/h4-9,11-12H,10H2,1-3H3,(H2,20,21,22,23). The normalized spacial score (nSPS) is 12.0. The second kappa shape index (κ2) is 7.25. The third kappa shape index (κ3) is 3.57. The van der Waals surface area contributed by atoms with Gasteiger partial charge in [-0.3, -0.25) is 9.89 Å². The van der Waals surface area contributed by atoms with E-state index in [2.05, 4.69) is 15.5 Å². The summed E-state index contributed by atoms with van der Waals surface area (Å²) in [5.41, 5.74) is 1.90. The number of ether oxygens (including phenoxy) is 2. The molecule has 0 aliphatic carbocycles. The van der Waals surface area contributed by atoms with Crippen molar-refractivity contribution in [1.29, 1.82) is 0 Å². The predicted octanol–water partition coefficient (Wildman–Crippen LogP) is 3.40. The van der Waals surface area contributed by atoms with Crippen molar-refractivity contribution in [1.82, 2.24) is 10.2 Å². The van der Waals surface area contributed by atoms with Crippen LogP contribution in [0.5, 0.6) is 11.5 Å². The smallest absolute Gasteiger partial charge is 0.228 e. The van der Waals surface area contributed by atoms with Gasteiger partial charge in [-0.2, -0.15) is 5.10 Å². The third-order valence-corrected chi connectivity index (χ3v) is 4.15. The maximum atomic E-state index is 12.5. The second-order valence-electron chi connectivity index (χ2n) is 5.90. The van der Waals surface area contributed by atoms with Crippen molar-refractivity contribution < 1.29 is 14.3 Å². The number of hydrogen-bond acceptors (Lipinski definition) is 4. The number of rotatable bonds is 6. The number of carbonyl (C=O) groups excluding carboxylic acids is 1. The van der Waals surface area contributed by atoms with Gasteiger partial charge in [0.2, 0.25) is 5.91 Å². The zero-order chi connectivity index (χ0) is 17.8. The minimum Gasteiger partial charge on any atom is -0.493 e. The van der Waals surface area contributed by atoms with Gasteiger partial charge in [0.05, 0.1) is 19.7 Å². The van der Waals surface area contributed by atoms with Gasteiger partial charge in [-0.25, -0.2) is 0 Å². The molecule has 2 N–H and O–H groups in total. The number of nitrogens with zero attached hydrogens (tertiary/aromatic N) is 1. The molecule has 1 atom stereocenters. The van der Waals surface area contributed by atoms with E-state index in [-0.39, 0.29) is 11.8 Å². The van der Waals surface area contributed by atoms with Gasteiger partial charge in [-0.1, -0.05) is 25.1 Å². The molecule has 2 aromatic carbocycles. The van der Waals surface area contributed by atoms with E-state index < -0.39 is 0 Å². The molecule has 0 saturated carbocycles. The van der Waals surface area contributed by atoms with Gasteiger partial charge in [0.25, 0.3) is 0 Å². The molecule has 3 aromatic rings. The molecule has 1 heterocycles. The van der Waals surface area contributed by atoms with Crippen molar-refractivity contribution in [3.05, 3.63) is 48.0 Å². The average molecular weight is 339 g/mol. The largest absolute Gasteiger partial charge is 0.493 e. The molecule has 130 valence electrons. The van der Waals surface area contributed by atoms with Crippen molar-refractivity contribution in [2.45, 2.75) is 13.3 Å². The number of anilines is 1. The van der Waals surface area contributed by atoms with E-state index in [9.17, 15) is 4.79 Å². The summed E-state index contributed by atoms with van der Waals surface area (Å²) in [5.74, 6) is 1.60. The SMILES string of the molecule is COc1ccc(CC(C)C(=O)Nc2n[nH]c3ccccc23)cc1OC. The van der Waals surface area contributed by atoms with Crippen molar-refractivity contribution in [3.8, 4) is 11.5 Å². The van der Waals surface area contributed by atoms with E-state index in [1.807, 2.05) is 49.4 Å². The molecule has 0 radical (unpaired) electrons. The van der Waals surface area contributed by atoms with Crippen LogP contribution >= 0.6 is 0 Å². The molecule has 0 aliphatic rings. The van der Waals surface area contributed by atoms with Crippen molar-refractivity contribution in [2.24, 2.45) is 5.92 Å². The lowest BCUT2D eigenvalue weighted by atomic mass is 10.00. The molecule has 0 saturated heterocycles. The molecular formula is C19H21N3O3. The van der Waals surface area contributed by atoms with Crippen LogP contribution in [0.25, 0.3) is 10.9 Å². The number of amides is 1. The molecule has 0 aliphatic heterocycles. The average Bonchev–Trinajstić information content (AvgIpc) is 3.04. The molecular weight excluding hydrogens is 318 g/mol. The van der Waals surface area contributed by atoms with Crippen LogP contribution in [-0.4, -0.2) is 30.3 Å². The number of H-pyrrole nitrogens is 1. The number of fused-ring (bicyclic) bond motifs is 1. The number of carbonyl (C=O) groups is 1. The lowest BCUT2D eigenvalue weighted by molar-refractivity contribution is -0.119. The highest BCUT2D eigenvalue weighted by molar-refractivity contribution is 6.00. The van der Waals surface area contributed by atoms with Crippen LogP contribution < -0.4 is 14.8 Å². The van der Waals surface area contributed by atoms with Gasteiger partial charge in [-0.15, -0.1) is 0 Å². The first-order valence-corrected chi connectivity index (χ1v) is 8.07. The topological polar surface area (TPSA) is 76.2 Å². The van der Waals surface area contributed by atoms with E-state index >= 15 is 0 Å². The number of para-hydroxylation sites is 1. The monoisotopic (exact) mass is 339 g/mol. The molecule has 1 unspecified atom stereocenters. The number of nitrogens with one attached hydrogen (secondary N) is 2. The Labute approximate surface area is 146 Å². The lowest BCUT2D eigenvalue weighted by Crippen LogP contribution is -2.22. The summed E-state index contributed by atoms with van der Waals surface area (Å²) in [5, 5.41) is 10.9. The summed E-state index contributed by atoms with van der Waals surface area (Å²) in [6, 6.07) is 13.4. The maximum Gasteiger partial charge on any atom is 0.228 e. The summed E-state index contributed by atoms with van der Waals surface area (Å²) in [4.78, 5) is 12.5. The Hall–Kier alpha value is -3.02. The van der Waals surface area contributed by atoms with E-state index in [1.54, 1.807) is 14.2 Å². The Morgan fingerprint density at radius 3 is 2.68 bits per heavy atom. The highest BCUT2D eigenvalue weighted by Gasteiger charge is 2.17. The van der Waals surface area contributed by atoms with Gasteiger partial charge < -0.3 is 14.8 Å². The maximum absolute atomic E-state index is 12.5. The van der Waals surface area contributed by atoms with E-state index in [0.717, 1.165) is 16.5 Å². The fraction of sp³-hybridized carbons (Fsp3) is 0.263. The molecule has 0 fully saturated rings. The molecule has 1 amide bonds. The zero-order valence-electron chi connectivity index (χ0n) is 14.5. The van der Waals surface area contributed by atoms with Crippen LogP contribution in [0.1, 0.15) is 12.5 Å². The van der Waals surface area contributed by atoms with Crippen LogP contribution in [0, 0.1) is 5.92 Å². The summed E-state index contributed by atoms with van der Waals surface area (Å²) < 4.78 is 10.6. The number of hydrogen-bond donors (Lipinski definition) is 2. The van der Waals surface area contributed by atoms with Crippen LogP contribution in [0.2, 0.25) is 0 Å². The number of methoxy groups -OCH3 is 2. The van der Waals surface area contributed by atoms with Gasteiger partial charge in [-0.05, 0) is 36.2 Å². The zero-order valence-corrected chi connectivity index (χ0v) is 14.5. The Bertz CT molecular complexity index is 889. The Kier molecular flexibility index (Phi) is 4.88. The van der Waals surface area contributed by atoms with Crippen molar-refractivity contribution in [3.63, 3.8) is 0 Å². The van der Waals surface area contributed by atoms with Gasteiger partial charge in [0.1, 0.15) is 0 Å². The van der Waals surface area contributed by atoms with Crippen molar-refractivity contribution in [2.75, 3.05) is 19.5 Å². The van der Waals surface area contributed by atoms with Gasteiger partial charge in [0.15, 0.2) is 17.3 Å². The summed E-state index contributed by atoms with van der Waals surface area (Å²) >= 11 is 0. The second-order valence-corrected chi connectivity index (χ2v) is 5.90. The first-order chi connectivity index (χ1) is 12.1. The highest BCUT2D eigenvalue weighted by Crippen LogP contribution is 2.28. The molecule has 25 heavy (non-hydrogen) atoms. The summed E-state index contributed by atoms with van der Waals surface area (Å²) in [6.07, 6.45) is 0.592. The Balaban J connectivity index is 1.70. The molecule has 6 nitrogen and oxygen atoms in total. The van der Waals surface area contributed by atoms with E-state index in [1.165, 1.54) is 0 Å². The van der Waals surface area contributed by atoms with E-state index in [4.69, 9.17) is 9.47 Å². The third-order valence-electron chi connectivity index (χ3n) is 4.15. The molecule has 3 rings (SSSR count). The number of aromatic nitrogens is 2. The fourth-order valence-electron chi connectivity index (χ4n) is 2.75. The first kappa shape index (κ1) is 16.8. The molecule has 1 aromatic heterocycles. The summed E-state index contributed by atoms with van der Waals surface area (Å²) in [6.45, 7) is 1.89. The van der Waals surface area contributed by atoms with Crippen LogP contribution in [0.15, 0.2) is 42.5 Å². The predicted molar refractivity (Wildman–Crippen MR) is 97.1 cm³/mol. The molecule has 6 heteroatoms. The van der Waals surface area contributed by atoms with Crippen molar-refractivity contribution >= 4 is 22.6 Å². The fourth-order valence-corrected chi connectivity index (χ4v) is 2.75. The minimum absolute atomic E-state index is 0.0768. The van der Waals surface area contributed by atoms with Gasteiger partial charge in [0, 0.05) is 11.3 Å². The quantitative estimate of drug-likeness (QED) is 0.722. The molecule has 0 spiro atoms. The number of aromatic amines is 1. The van der Waals surface area contributed by atoms with Crippen LogP contribution in [0.3, 0.4) is 0 Å². The Morgan fingerprint density at radius 1 is 1.16 bits per heavy atom. The van der Waals surface area contributed by atoms with Crippen LogP contribution in [-0.2, 0) is 11.2 Å². The van der Waals surface area contributed by atoms with Gasteiger partial charge >= 0.3 is 0 Å². The minimum atomic E-state index is -0.214. The Morgan fingerprint density at radius 2 is 1.92 bits per heavy atom. The molecule has 0 bridgehead atoms. The summed E-state index contributed by atoms with van der Waals surface area (Å²) in [7, 11) is 3.20. The first-order valence-electron chi connectivity index (χ1n) is 8.07. The van der Waals surface area contributed by atoms with Crippen LogP contribution in [0.4, 0.5) is 5.82 Å². The highest BCUT2D eigenvalue weighted by atomic mass is 16.5.